The van der Waals surface area contributed by atoms with E-state index in [1.54, 1.807) is 0 Å². The highest BCUT2D eigenvalue weighted by molar-refractivity contribution is 4.84. The van der Waals surface area contributed by atoms with Crippen LogP contribution in [0.15, 0.2) is 0 Å². The van der Waals surface area contributed by atoms with Gasteiger partial charge >= 0.3 is 0 Å². The third-order valence-electron chi connectivity index (χ3n) is 4.44. The lowest BCUT2D eigenvalue weighted by molar-refractivity contribution is -0.0678. The minimum Gasteiger partial charge on any atom is -0.378 e. The molecule has 2 atom stereocenters. The van der Waals surface area contributed by atoms with Crippen LogP contribution in [0.5, 0.6) is 0 Å². The van der Waals surface area contributed by atoms with Crippen LogP contribution in [-0.2, 0) is 4.74 Å². The maximum Gasteiger partial charge on any atom is 0.0643 e. The molecule has 2 unspecified atom stereocenters. The second-order valence-corrected chi connectivity index (χ2v) is 5.84. The van der Waals surface area contributed by atoms with Crippen LogP contribution in [-0.4, -0.2) is 25.8 Å². The maximum absolute atomic E-state index is 6.12. The topological polar surface area (TPSA) is 21.3 Å². The summed E-state index contributed by atoms with van der Waals surface area (Å²) >= 11 is 0. The minimum absolute atomic E-state index is 0.563. The van der Waals surface area contributed by atoms with Gasteiger partial charge in [0.1, 0.15) is 0 Å². The van der Waals surface area contributed by atoms with E-state index in [9.17, 15) is 0 Å². The van der Waals surface area contributed by atoms with Gasteiger partial charge in [0.25, 0.3) is 0 Å². The van der Waals surface area contributed by atoms with Crippen molar-refractivity contribution < 1.29 is 4.74 Å². The van der Waals surface area contributed by atoms with Crippen LogP contribution >= 0.6 is 0 Å². The second kappa shape index (κ2) is 7.38. The quantitative estimate of drug-likeness (QED) is 0.743. The van der Waals surface area contributed by atoms with Crippen molar-refractivity contribution in [1.29, 1.82) is 0 Å². The van der Waals surface area contributed by atoms with Crippen molar-refractivity contribution in [3.8, 4) is 0 Å². The molecule has 0 aromatic carbocycles. The van der Waals surface area contributed by atoms with Crippen molar-refractivity contribution in [3.05, 3.63) is 0 Å². The lowest BCUT2D eigenvalue weighted by Gasteiger charge is -2.39. The minimum atomic E-state index is 0.563. The smallest absolute Gasteiger partial charge is 0.0643 e. The third-order valence-corrected chi connectivity index (χ3v) is 4.44. The summed E-state index contributed by atoms with van der Waals surface area (Å²) in [7, 11) is 0. The van der Waals surface area contributed by atoms with Gasteiger partial charge in [-0.25, -0.2) is 0 Å². The first-order valence-electron chi connectivity index (χ1n) is 7.74. The molecule has 17 heavy (non-hydrogen) atoms. The van der Waals surface area contributed by atoms with Crippen LogP contribution in [0.25, 0.3) is 0 Å². The zero-order valence-electron chi connectivity index (χ0n) is 11.4. The van der Waals surface area contributed by atoms with E-state index in [2.05, 4.69) is 12.2 Å². The Morgan fingerprint density at radius 3 is 2.65 bits per heavy atom. The average Bonchev–Trinajstić information content (AvgIpc) is 2.41. The van der Waals surface area contributed by atoms with Crippen molar-refractivity contribution in [2.24, 2.45) is 11.8 Å². The zero-order valence-corrected chi connectivity index (χ0v) is 11.4. The van der Waals surface area contributed by atoms with Crippen LogP contribution in [0.1, 0.15) is 58.3 Å². The standard InChI is InChI=1S/C15H29NO/c1-2-10-16-12-14-9-6-11-17-15(14)13-7-4-3-5-8-13/h13-16H,2-12H2,1H3. The molecular formula is C15H29NO. The average molecular weight is 239 g/mol. The van der Waals surface area contributed by atoms with E-state index in [0.717, 1.165) is 25.0 Å². The fourth-order valence-electron chi connectivity index (χ4n) is 3.53. The predicted octanol–water partition coefficient (Wildman–Crippen LogP) is 3.36. The molecule has 0 bridgehead atoms. The Kier molecular flexibility index (Phi) is 5.79. The summed E-state index contributed by atoms with van der Waals surface area (Å²) in [5.74, 6) is 1.64. The largest absolute Gasteiger partial charge is 0.378 e. The van der Waals surface area contributed by atoms with E-state index in [1.807, 2.05) is 0 Å². The van der Waals surface area contributed by atoms with Crippen LogP contribution in [0, 0.1) is 11.8 Å². The molecule has 100 valence electrons. The molecule has 2 nitrogen and oxygen atoms in total. The molecular weight excluding hydrogens is 210 g/mol. The van der Waals surface area contributed by atoms with Gasteiger partial charge in [-0.2, -0.15) is 0 Å². The first-order chi connectivity index (χ1) is 8.42. The van der Waals surface area contributed by atoms with Gasteiger partial charge in [-0.15, -0.1) is 0 Å². The Bertz CT molecular complexity index is 201. The van der Waals surface area contributed by atoms with Gasteiger partial charge in [0, 0.05) is 13.2 Å². The van der Waals surface area contributed by atoms with Gasteiger partial charge in [0.05, 0.1) is 6.10 Å². The molecule has 1 saturated carbocycles. The number of rotatable bonds is 5. The van der Waals surface area contributed by atoms with E-state index >= 15 is 0 Å². The number of ether oxygens (including phenoxy) is 1. The van der Waals surface area contributed by atoms with E-state index in [-0.39, 0.29) is 0 Å². The maximum atomic E-state index is 6.12. The summed E-state index contributed by atoms with van der Waals surface area (Å²) in [6.45, 7) is 5.58. The molecule has 2 heteroatoms. The molecule has 1 heterocycles. The first kappa shape index (κ1) is 13.4. The summed E-state index contributed by atoms with van der Waals surface area (Å²) in [5, 5.41) is 3.59. The summed E-state index contributed by atoms with van der Waals surface area (Å²) in [5.41, 5.74) is 0. The molecule has 1 saturated heterocycles. The Labute approximate surface area is 107 Å². The predicted molar refractivity (Wildman–Crippen MR) is 72.2 cm³/mol. The Morgan fingerprint density at radius 1 is 1.06 bits per heavy atom. The molecule has 0 aromatic rings. The molecule has 2 aliphatic rings. The van der Waals surface area contributed by atoms with Gasteiger partial charge in [0.15, 0.2) is 0 Å². The fraction of sp³-hybridized carbons (Fsp3) is 1.00. The Balaban J connectivity index is 1.82. The van der Waals surface area contributed by atoms with Crippen LogP contribution in [0.4, 0.5) is 0 Å². The van der Waals surface area contributed by atoms with Gasteiger partial charge < -0.3 is 10.1 Å². The van der Waals surface area contributed by atoms with Crippen molar-refractivity contribution in [1.82, 2.24) is 5.32 Å². The molecule has 2 fully saturated rings. The van der Waals surface area contributed by atoms with E-state index < -0.39 is 0 Å². The first-order valence-corrected chi connectivity index (χ1v) is 7.74. The lowest BCUT2D eigenvalue weighted by Crippen LogP contribution is -2.42. The lowest BCUT2D eigenvalue weighted by atomic mass is 9.78. The molecule has 1 aliphatic carbocycles. The second-order valence-electron chi connectivity index (χ2n) is 5.84. The number of hydrogen-bond acceptors (Lipinski definition) is 2. The Hall–Kier alpha value is -0.0800. The highest BCUT2D eigenvalue weighted by Crippen LogP contribution is 2.34. The summed E-state index contributed by atoms with van der Waals surface area (Å²) in [4.78, 5) is 0. The van der Waals surface area contributed by atoms with Gasteiger partial charge in [-0.1, -0.05) is 26.2 Å². The molecule has 1 N–H and O–H groups in total. The van der Waals surface area contributed by atoms with Crippen molar-refractivity contribution in [3.63, 3.8) is 0 Å². The highest BCUT2D eigenvalue weighted by atomic mass is 16.5. The molecule has 0 amide bonds. The van der Waals surface area contributed by atoms with Crippen LogP contribution < -0.4 is 5.32 Å². The van der Waals surface area contributed by atoms with Crippen molar-refractivity contribution in [2.45, 2.75) is 64.4 Å². The SMILES string of the molecule is CCCNCC1CCCOC1C1CCCCC1. The van der Waals surface area contributed by atoms with Crippen LogP contribution in [0.2, 0.25) is 0 Å². The summed E-state index contributed by atoms with van der Waals surface area (Å²) in [6, 6.07) is 0. The number of hydrogen-bond donors (Lipinski definition) is 1. The normalized spacial score (nSPS) is 31.6. The van der Waals surface area contributed by atoms with Gasteiger partial charge in [-0.05, 0) is 50.5 Å². The summed E-state index contributed by atoms with van der Waals surface area (Å²) < 4.78 is 6.12. The van der Waals surface area contributed by atoms with Crippen molar-refractivity contribution >= 4 is 0 Å². The fourth-order valence-corrected chi connectivity index (χ4v) is 3.53. The molecule has 2 rings (SSSR count). The van der Waals surface area contributed by atoms with Gasteiger partial charge in [-0.3, -0.25) is 0 Å². The highest BCUT2D eigenvalue weighted by Gasteiger charge is 2.33. The third kappa shape index (κ3) is 3.96. The molecule has 0 aromatic heterocycles. The monoisotopic (exact) mass is 239 g/mol. The van der Waals surface area contributed by atoms with Crippen LogP contribution in [0.3, 0.4) is 0 Å². The summed E-state index contributed by atoms with van der Waals surface area (Å²) in [6.07, 6.45) is 11.6. The van der Waals surface area contributed by atoms with E-state index in [0.29, 0.717) is 6.10 Å². The van der Waals surface area contributed by atoms with Gasteiger partial charge in [0.2, 0.25) is 0 Å². The molecule has 0 spiro atoms. The zero-order chi connectivity index (χ0) is 11.9. The van der Waals surface area contributed by atoms with E-state index in [4.69, 9.17) is 4.74 Å². The number of nitrogens with one attached hydrogen (secondary N) is 1. The van der Waals surface area contributed by atoms with Crippen molar-refractivity contribution in [2.75, 3.05) is 19.7 Å². The Morgan fingerprint density at radius 2 is 1.88 bits per heavy atom. The molecule has 0 radical (unpaired) electrons. The van der Waals surface area contributed by atoms with E-state index in [1.165, 1.54) is 57.9 Å². The molecule has 1 aliphatic heterocycles.